The number of hydrogen-bond donors (Lipinski definition) is 0. The van der Waals surface area contributed by atoms with Crippen molar-refractivity contribution >= 4 is 40.3 Å². The van der Waals surface area contributed by atoms with E-state index < -0.39 is 0 Å². The van der Waals surface area contributed by atoms with E-state index >= 15 is 0 Å². The number of rotatable bonds is 6. The van der Waals surface area contributed by atoms with Gasteiger partial charge in [-0.2, -0.15) is 0 Å². The Morgan fingerprint density at radius 1 is 0.478 bits per heavy atom. The van der Waals surface area contributed by atoms with Gasteiger partial charge < -0.3 is 4.81 Å². The zero-order valence-corrected chi connectivity index (χ0v) is 26.4. The molecule has 0 atom stereocenters. The van der Waals surface area contributed by atoms with Crippen molar-refractivity contribution in [1.82, 2.24) is 0 Å². The molecule has 0 saturated carbocycles. The molecule has 222 valence electrons. The van der Waals surface area contributed by atoms with E-state index in [1.54, 1.807) is 12.1 Å². The van der Waals surface area contributed by atoms with Crippen molar-refractivity contribution in [2.45, 2.75) is 20.8 Å². The lowest BCUT2D eigenvalue weighted by atomic mass is 9.41. The van der Waals surface area contributed by atoms with Crippen LogP contribution >= 0.6 is 0 Å². The molecule has 0 unspecified atom stereocenters. The van der Waals surface area contributed by atoms with Gasteiger partial charge in [-0.15, -0.1) is 0 Å². The van der Waals surface area contributed by atoms with E-state index in [0.717, 1.165) is 39.2 Å². The molecule has 1 aliphatic heterocycles. The predicted octanol–water partition coefficient (Wildman–Crippen LogP) is 10.2. The number of anilines is 1. The van der Waals surface area contributed by atoms with Crippen LogP contribution in [0.2, 0.25) is 0 Å². The van der Waals surface area contributed by atoms with Crippen LogP contribution in [0.1, 0.15) is 38.9 Å². The van der Waals surface area contributed by atoms with Crippen molar-refractivity contribution in [3.05, 3.63) is 202 Å². The summed E-state index contributed by atoms with van der Waals surface area (Å²) < 4.78 is 14.6. The third-order valence-corrected chi connectivity index (χ3v) is 8.90. The van der Waals surface area contributed by atoms with Crippen LogP contribution in [0, 0.1) is 26.6 Å². The highest BCUT2D eigenvalue weighted by Gasteiger charge is 2.43. The first-order valence-corrected chi connectivity index (χ1v) is 15.8. The highest BCUT2D eigenvalue weighted by atomic mass is 19.1. The highest BCUT2D eigenvalue weighted by Crippen LogP contribution is 2.50. The fraction of sp³-hybridized carbons (Fsp3) is 0.0698. The van der Waals surface area contributed by atoms with Crippen LogP contribution in [-0.2, 0) is 0 Å². The summed E-state index contributed by atoms with van der Waals surface area (Å²) in [5, 5.41) is 0. The first-order valence-electron chi connectivity index (χ1n) is 15.8. The van der Waals surface area contributed by atoms with Gasteiger partial charge in [-0.1, -0.05) is 150 Å². The van der Waals surface area contributed by atoms with Crippen LogP contribution in [-0.4, -0.2) is 6.85 Å². The zero-order chi connectivity index (χ0) is 31.6. The minimum absolute atomic E-state index is 0.216. The molecule has 7 rings (SSSR count). The fourth-order valence-electron chi connectivity index (χ4n) is 7.13. The normalized spacial score (nSPS) is 13.4. The van der Waals surface area contributed by atoms with Gasteiger partial charge in [-0.25, -0.2) is 4.39 Å². The van der Waals surface area contributed by atoms with E-state index in [9.17, 15) is 4.39 Å². The molecule has 0 N–H and O–H groups in total. The van der Waals surface area contributed by atoms with Crippen molar-refractivity contribution in [1.29, 1.82) is 0 Å². The number of benzene rings is 6. The summed E-state index contributed by atoms with van der Waals surface area (Å²) in [5.74, 6) is -0.252. The van der Waals surface area contributed by atoms with E-state index in [1.807, 2.05) is 12.1 Å². The minimum atomic E-state index is -0.252. The van der Waals surface area contributed by atoms with Crippen molar-refractivity contribution in [2.24, 2.45) is 0 Å². The van der Waals surface area contributed by atoms with E-state index in [0.29, 0.717) is 0 Å². The van der Waals surface area contributed by atoms with Gasteiger partial charge in [0, 0.05) is 17.0 Å². The SMILES string of the molecule is Cc1cc(C)c(B2C(c3ccccc3)=C(c3ccccc3)C(c3ccccc3)=C(c3ccccc3)N2c2ccc(F)cc2)c(C)c1. The number of nitrogens with zero attached hydrogens (tertiary/aromatic N) is 1. The summed E-state index contributed by atoms with van der Waals surface area (Å²) >= 11 is 0. The molecular weight excluding hydrogens is 560 g/mol. The van der Waals surface area contributed by atoms with E-state index in [-0.39, 0.29) is 12.7 Å². The zero-order valence-electron chi connectivity index (χ0n) is 26.4. The molecule has 0 radical (unpaired) electrons. The molecular formula is C43H35BFN. The summed E-state index contributed by atoms with van der Waals surface area (Å²) in [6, 6.07) is 54.5. The third kappa shape index (κ3) is 5.39. The lowest BCUT2D eigenvalue weighted by molar-refractivity contribution is 0.628. The Labute approximate surface area is 272 Å². The molecule has 6 aromatic carbocycles. The van der Waals surface area contributed by atoms with E-state index in [4.69, 9.17) is 0 Å². The lowest BCUT2D eigenvalue weighted by Gasteiger charge is -2.43. The molecule has 0 fully saturated rings. The molecule has 1 heterocycles. The van der Waals surface area contributed by atoms with Gasteiger partial charge in [-0.3, -0.25) is 0 Å². The maximum Gasteiger partial charge on any atom is 0.329 e. The summed E-state index contributed by atoms with van der Waals surface area (Å²) in [7, 11) is 0. The Bertz CT molecular complexity index is 2030. The Morgan fingerprint density at radius 2 is 0.913 bits per heavy atom. The Morgan fingerprint density at radius 3 is 1.41 bits per heavy atom. The van der Waals surface area contributed by atoms with Gasteiger partial charge in [0.1, 0.15) is 5.82 Å². The number of allylic oxidation sites excluding steroid dienone is 2. The molecule has 0 saturated heterocycles. The average molecular weight is 596 g/mol. The second kappa shape index (κ2) is 12.5. The van der Waals surface area contributed by atoms with Crippen LogP contribution in [0.25, 0.3) is 22.3 Å². The summed E-state index contributed by atoms with van der Waals surface area (Å²) in [5.41, 5.74) is 15.0. The van der Waals surface area contributed by atoms with Gasteiger partial charge in [0.2, 0.25) is 0 Å². The molecule has 1 nitrogen and oxygen atoms in total. The maximum absolute atomic E-state index is 14.6. The molecule has 46 heavy (non-hydrogen) atoms. The second-order valence-electron chi connectivity index (χ2n) is 12.0. The standard InChI is InChI=1S/C43H35BFN/c1-30-28-31(2)41(32(3)29-30)44-42(35-20-12-6-13-21-35)39(33-16-8-4-9-17-33)40(34-18-10-5-11-19-34)43(36-22-14-7-15-23-36)46(44)38-26-24-37(45)25-27-38/h4-29H,1-3H3. The second-order valence-corrected chi connectivity index (χ2v) is 12.0. The first kappa shape index (κ1) is 29.3. The van der Waals surface area contributed by atoms with Crippen LogP contribution < -0.4 is 10.3 Å². The largest absolute Gasteiger partial charge is 0.376 e. The van der Waals surface area contributed by atoms with Gasteiger partial charge in [0.15, 0.2) is 0 Å². The molecule has 0 amide bonds. The van der Waals surface area contributed by atoms with E-state index in [1.165, 1.54) is 33.2 Å². The van der Waals surface area contributed by atoms with E-state index in [2.05, 4.69) is 159 Å². The summed E-state index contributed by atoms with van der Waals surface area (Å²) in [6.45, 7) is 6.39. The highest BCUT2D eigenvalue weighted by molar-refractivity contribution is 6.97. The molecule has 0 aromatic heterocycles. The summed E-state index contributed by atoms with van der Waals surface area (Å²) in [6.07, 6.45) is 0. The Balaban J connectivity index is 1.74. The third-order valence-electron chi connectivity index (χ3n) is 8.90. The molecule has 0 aliphatic carbocycles. The van der Waals surface area contributed by atoms with Crippen LogP contribution in [0.3, 0.4) is 0 Å². The number of aryl methyl sites for hydroxylation is 3. The van der Waals surface area contributed by atoms with Gasteiger partial charge >= 0.3 is 6.85 Å². The molecule has 0 bridgehead atoms. The summed E-state index contributed by atoms with van der Waals surface area (Å²) in [4.78, 5) is 2.45. The number of halogens is 1. The van der Waals surface area contributed by atoms with Gasteiger partial charge in [0.25, 0.3) is 0 Å². The molecule has 1 aliphatic rings. The van der Waals surface area contributed by atoms with Gasteiger partial charge in [-0.05, 0) is 83.8 Å². The lowest BCUT2D eigenvalue weighted by Crippen LogP contribution is -2.53. The van der Waals surface area contributed by atoms with Crippen LogP contribution in [0.5, 0.6) is 0 Å². The monoisotopic (exact) mass is 595 g/mol. The van der Waals surface area contributed by atoms with Crippen LogP contribution in [0.15, 0.2) is 158 Å². The molecule has 0 spiro atoms. The minimum Gasteiger partial charge on any atom is -0.376 e. The van der Waals surface area contributed by atoms with Crippen molar-refractivity contribution < 1.29 is 4.39 Å². The fourth-order valence-corrected chi connectivity index (χ4v) is 7.13. The smallest absolute Gasteiger partial charge is 0.329 e. The van der Waals surface area contributed by atoms with Crippen molar-refractivity contribution in [2.75, 3.05) is 4.81 Å². The molecule has 3 heteroatoms. The van der Waals surface area contributed by atoms with Gasteiger partial charge in [0.05, 0.1) is 0 Å². The Hall–Kier alpha value is -5.41. The van der Waals surface area contributed by atoms with Crippen molar-refractivity contribution in [3.8, 4) is 0 Å². The first-order chi connectivity index (χ1) is 22.5. The number of hydrogen-bond acceptors (Lipinski definition) is 1. The van der Waals surface area contributed by atoms with Crippen molar-refractivity contribution in [3.63, 3.8) is 0 Å². The quantitative estimate of drug-likeness (QED) is 0.173. The predicted molar refractivity (Wildman–Crippen MR) is 194 cm³/mol. The maximum atomic E-state index is 14.6. The van der Waals surface area contributed by atoms with Crippen LogP contribution in [0.4, 0.5) is 10.1 Å². The topological polar surface area (TPSA) is 3.24 Å². The molecule has 6 aromatic rings. The Kier molecular flexibility index (Phi) is 7.99. The average Bonchev–Trinajstić information content (AvgIpc) is 3.09.